The molecule has 0 radical (unpaired) electrons. The van der Waals surface area contributed by atoms with Crippen molar-refractivity contribution >= 4 is 27.5 Å². The number of nitrogens with two attached hydrogens (primary N) is 1. The first-order valence-electron chi connectivity index (χ1n) is 6.00. The molecule has 1 aromatic carbocycles. The van der Waals surface area contributed by atoms with E-state index in [4.69, 9.17) is 10.5 Å². The van der Waals surface area contributed by atoms with Gasteiger partial charge in [-0.2, -0.15) is 0 Å². The normalized spacial score (nSPS) is 10.1. The fourth-order valence-electron chi connectivity index (χ4n) is 1.50. The van der Waals surface area contributed by atoms with Crippen LogP contribution in [0.1, 0.15) is 5.69 Å². The molecule has 5 nitrogen and oxygen atoms in total. The highest BCUT2D eigenvalue weighted by atomic mass is 79.9. The lowest BCUT2D eigenvalue weighted by molar-refractivity contribution is -0.118. The predicted molar refractivity (Wildman–Crippen MR) is 80.4 cm³/mol. The maximum absolute atomic E-state index is 11.7. The van der Waals surface area contributed by atoms with Gasteiger partial charge in [0, 0.05) is 16.7 Å². The summed E-state index contributed by atoms with van der Waals surface area (Å²) in [5, 5.41) is 2.74. The Hall–Kier alpha value is -1.92. The number of anilines is 1. The van der Waals surface area contributed by atoms with Gasteiger partial charge in [-0.3, -0.25) is 9.78 Å². The van der Waals surface area contributed by atoms with Gasteiger partial charge in [0.15, 0.2) is 6.61 Å². The summed E-state index contributed by atoms with van der Waals surface area (Å²) in [6.45, 7) is 0.310. The maximum Gasteiger partial charge on any atom is 0.262 e. The largest absolute Gasteiger partial charge is 0.482 e. The smallest absolute Gasteiger partial charge is 0.262 e. The number of nitrogens with one attached hydrogen (secondary N) is 1. The molecule has 20 heavy (non-hydrogen) atoms. The molecular formula is C14H14BrN3O2. The summed E-state index contributed by atoms with van der Waals surface area (Å²) in [4.78, 5) is 15.8. The summed E-state index contributed by atoms with van der Waals surface area (Å²) < 4.78 is 6.29. The van der Waals surface area contributed by atoms with Gasteiger partial charge in [-0.1, -0.05) is 15.9 Å². The second-order valence-corrected chi connectivity index (χ2v) is 4.95. The van der Waals surface area contributed by atoms with E-state index in [-0.39, 0.29) is 12.5 Å². The number of aromatic nitrogens is 1. The predicted octanol–water partition coefficient (Wildman–Crippen LogP) is 2.32. The molecule has 0 saturated carbocycles. The maximum atomic E-state index is 11.7. The number of nitrogens with zero attached hydrogens (tertiary/aromatic N) is 1. The Morgan fingerprint density at radius 3 is 2.60 bits per heavy atom. The SMILES string of the molecule is NCc1ccc(OCC(=O)Nc2ccc(Br)cc2)cn1. The van der Waals surface area contributed by atoms with Crippen molar-refractivity contribution in [2.75, 3.05) is 11.9 Å². The minimum Gasteiger partial charge on any atom is -0.482 e. The number of halogens is 1. The Kier molecular flexibility index (Phi) is 5.09. The number of amides is 1. The number of carbonyl (C=O) groups excluding carboxylic acids is 1. The Morgan fingerprint density at radius 2 is 2.00 bits per heavy atom. The minimum absolute atomic E-state index is 0.0697. The average molecular weight is 336 g/mol. The van der Waals surface area contributed by atoms with Gasteiger partial charge >= 0.3 is 0 Å². The van der Waals surface area contributed by atoms with Gasteiger partial charge in [0.05, 0.1) is 11.9 Å². The van der Waals surface area contributed by atoms with Gasteiger partial charge in [-0.05, 0) is 36.4 Å². The number of hydrogen-bond donors (Lipinski definition) is 2. The van der Waals surface area contributed by atoms with Crippen LogP contribution in [0.25, 0.3) is 0 Å². The molecule has 2 rings (SSSR count). The van der Waals surface area contributed by atoms with E-state index >= 15 is 0 Å². The zero-order valence-electron chi connectivity index (χ0n) is 10.7. The van der Waals surface area contributed by atoms with Gasteiger partial charge in [0.25, 0.3) is 5.91 Å². The van der Waals surface area contributed by atoms with Gasteiger partial charge in [0.1, 0.15) is 5.75 Å². The van der Waals surface area contributed by atoms with Crippen LogP contribution >= 0.6 is 15.9 Å². The number of benzene rings is 1. The molecule has 0 saturated heterocycles. The number of hydrogen-bond acceptors (Lipinski definition) is 4. The fraction of sp³-hybridized carbons (Fsp3) is 0.143. The van der Waals surface area contributed by atoms with Crippen LogP contribution in [0, 0.1) is 0 Å². The highest BCUT2D eigenvalue weighted by molar-refractivity contribution is 9.10. The molecule has 0 aliphatic carbocycles. The first kappa shape index (κ1) is 14.5. The summed E-state index contributed by atoms with van der Waals surface area (Å²) in [6, 6.07) is 10.8. The minimum atomic E-state index is -0.227. The molecule has 0 atom stereocenters. The lowest BCUT2D eigenvalue weighted by Crippen LogP contribution is -2.20. The van der Waals surface area contributed by atoms with Crippen molar-refractivity contribution < 1.29 is 9.53 Å². The monoisotopic (exact) mass is 335 g/mol. The lowest BCUT2D eigenvalue weighted by Gasteiger charge is -2.07. The average Bonchev–Trinajstić information content (AvgIpc) is 2.48. The van der Waals surface area contributed by atoms with Gasteiger partial charge in [0.2, 0.25) is 0 Å². The first-order valence-corrected chi connectivity index (χ1v) is 6.80. The summed E-state index contributed by atoms with van der Waals surface area (Å²) >= 11 is 3.33. The van der Waals surface area contributed by atoms with Crippen LogP contribution < -0.4 is 15.8 Å². The highest BCUT2D eigenvalue weighted by Gasteiger charge is 2.04. The van der Waals surface area contributed by atoms with E-state index in [0.29, 0.717) is 12.3 Å². The van der Waals surface area contributed by atoms with E-state index in [1.165, 1.54) is 0 Å². The molecular weight excluding hydrogens is 322 g/mol. The topological polar surface area (TPSA) is 77.2 Å². The van der Waals surface area contributed by atoms with Gasteiger partial charge < -0.3 is 15.8 Å². The summed E-state index contributed by atoms with van der Waals surface area (Å²) in [5.41, 5.74) is 6.94. The number of carbonyl (C=O) groups is 1. The lowest BCUT2D eigenvalue weighted by atomic mass is 10.3. The van der Waals surface area contributed by atoms with Crippen LogP contribution in [0.5, 0.6) is 5.75 Å². The van der Waals surface area contributed by atoms with Crippen molar-refractivity contribution in [1.29, 1.82) is 0 Å². The second kappa shape index (κ2) is 7.02. The van der Waals surface area contributed by atoms with Crippen molar-refractivity contribution in [2.24, 2.45) is 5.73 Å². The van der Waals surface area contributed by atoms with E-state index in [1.54, 1.807) is 30.5 Å². The van der Waals surface area contributed by atoms with E-state index in [0.717, 1.165) is 15.9 Å². The molecule has 0 bridgehead atoms. The van der Waals surface area contributed by atoms with Crippen LogP contribution in [-0.2, 0) is 11.3 Å². The van der Waals surface area contributed by atoms with Crippen molar-refractivity contribution in [3.05, 3.63) is 52.8 Å². The third kappa shape index (κ3) is 4.32. The third-order valence-electron chi connectivity index (χ3n) is 2.50. The summed E-state index contributed by atoms with van der Waals surface area (Å²) in [7, 11) is 0. The molecule has 1 aromatic heterocycles. The van der Waals surface area contributed by atoms with Crippen LogP contribution in [0.4, 0.5) is 5.69 Å². The highest BCUT2D eigenvalue weighted by Crippen LogP contribution is 2.14. The quantitative estimate of drug-likeness (QED) is 0.878. The fourth-order valence-corrected chi connectivity index (χ4v) is 1.76. The van der Waals surface area contributed by atoms with Crippen LogP contribution in [-0.4, -0.2) is 17.5 Å². The molecule has 1 heterocycles. The molecule has 0 aliphatic rings. The van der Waals surface area contributed by atoms with E-state index in [9.17, 15) is 4.79 Å². The number of rotatable bonds is 5. The molecule has 0 aliphatic heterocycles. The standard InChI is InChI=1S/C14H14BrN3O2/c15-10-1-3-11(4-2-10)18-14(19)9-20-13-6-5-12(7-16)17-8-13/h1-6,8H,7,9,16H2,(H,18,19). The Balaban J connectivity index is 1.83. The molecule has 1 amide bonds. The third-order valence-corrected chi connectivity index (χ3v) is 3.03. The molecule has 3 N–H and O–H groups in total. The second-order valence-electron chi connectivity index (χ2n) is 4.03. The van der Waals surface area contributed by atoms with E-state index in [2.05, 4.69) is 26.2 Å². The molecule has 0 spiro atoms. The molecule has 0 unspecified atom stereocenters. The first-order chi connectivity index (χ1) is 9.67. The Bertz CT molecular complexity index is 570. The van der Waals surface area contributed by atoms with Crippen LogP contribution in [0.3, 0.4) is 0 Å². The number of pyridine rings is 1. The van der Waals surface area contributed by atoms with Gasteiger partial charge in [-0.25, -0.2) is 0 Å². The molecule has 0 fully saturated rings. The van der Waals surface area contributed by atoms with Crippen LogP contribution in [0.15, 0.2) is 47.1 Å². The zero-order chi connectivity index (χ0) is 14.4. The van der Waals surface area contributed by atoms with Crippen LogP contribution in [0.2, 0.25) is 0 Å². The molecule has 6 heteroatoms. The summed E-state index contributed by atoms with van der Waals surface area (Å²) in [5.74, 6) is 0.309. The van der Waals surface area contributed by atoms with Crippen molar-refractivity contribution in [2.45, 2.75) is 6.54 Å². The Labute approximate surface area is 125 Å². The van der Waals surface area contributed by atoms with E-state index in [1.807, 2.05) is 12.1 Å². The van der Waals surface area contributed by atoms with Crippen molar-refractivity contribution in [3.8, 4) is 5.75 Å². The molecule has 104 valence electrons. The van der Waals surface area contributed by atoms with E-state index < -0.39 is 0 Å². The Morgan fingerprint density at radius 1 is 1.25 bits per heavy atom. The van der Waals surface area contributed by atoms with Gasteiger partial charge in [-0.15, -0.1) is 0 Å². The zero-order valence-corrected chi connectivity index (χ0v) is 12.3. The number of ether oxygens (including phenoxy) is 1. The van der Waals surface area contributed by atoms with Crippen molar-refractivity contribution in [3.63, 3.8) is 0 Å². The summed E-state index contributed by atoms with van der Waals surface area (Å²) in [6.07, 6.45) is 1.55. The molecule has 2 aromatic rings. The van der Waals surface area contributed by atoms with Crippen molar-refractivity contribution in [1.82, 2.24) is 4.98 Å².